The van der Waals surface area contributed by atoms with E-state index in [2.05, 4.69) is 69.1 Å². The van der Waals surface area contributed by atoms with Crippen LogP contribution < -0.4 is 0 Å². The molecule has 0 spiro atoms. The zero-order valence-electron chi connectivity index (χ0n) is 20.1. The van der Waals surface area contributed by atoms with Gasteiger partial charge in [0, 0.05) is 39.9 Å². The fourth-order valence-electron chi connectivity index (χ4n) is 5.97. The van der Waals surface area contributed by atoms with Crippen molar-refractivity contribution in [3.05, 3.63) is 120 Å². The van der Waals surface area contributed by atoms with Crippen molar-refractivity contribution in [2.24, 2.45) is 9.98 Å². The summed E-state index contributed by atoms with van der Waals surface area (Å²) in [4.78, 5) is 10.1. The number of aryl methyl sites for hydroxylation is 2. The predicted molar refractivity (Wildman–Crippen MR) is 147 cm³/mol. The molecular weight excluding hydrogens is 428 g/mol. The molecule has 1 aromatic heterocycles. The highest BCUT2D eigenvalue weighted by atomic mass is 16.3. The number of furan rings is 1. The largest absolute Gasteiger partial charge is 0.456 e. The Balaban J connectivity index is 1.56. The molecule has 2 aliphatic heterocycles. The number of hydrogen-bond donors (Lipinski definition) is 0. The summed E-state index contributed by atoms with van der Waals surface area (Å²) in [6.07, 6.45) is 6.31. The SMILES string of the molecule is C=CC1=NC2CC(=C)N=C(C=C)c3c(cc4oc5ccccc5c4c3C)CCC2c2ccccc21. The van der Waals surface area contributed by atoms with E-state index in [9.17, 15) is 0 Å². The molecule has 0 fully saturated rings. The first kappa shape index (κ1) is 21.5. The Bertz CT molecular complexity index is 1600. The number of fused-ring (bicyclic) bond motifs is 7. The summed E-state index contributed by atoms with van der Waals surface area (Å²) in [5, 5.41) is 2.28. The molecule has 0 amide bonds. The van der Waals surface area contributed by atoms with Gasteiger partial charge >= 0.3 is 0 Å². The van der Waals surface area contributed by atoms with Gasteiger partial charge < -0.3 is 4.42 Å². The summed E-state index contributed by atoms with van der Waals surface area (Å²) in [6.45, 7) is 14.7. The van der Waals surface area contributed by atoms with Gasteiger partial charge in [0.2, 0.25) is 0 Å². The van der Waals surface area contributed by atoms with Crippen LogP contribution >= 0.6 is 0 Å². The molecular formula is C32H28N2O. The van der Waals surface area contributed by atoms with Crippen LogP contribution in [-0.4, -0.2) is 17.5 Å². The van der Waals surface area contributed by atoms with Gasteiger partial charge in [-0.1, -0.05) is 62.2 Å². The van der Waals surface area contributed by atoms with Gasteiger partial charge in [0.05, 0.1) is 17.5 Å². The zero-order valence-corrected chi connectivity index (χ0v) is 20.1. The molecule has 3 nitrogen and oxygen atoms in total. The van der Waals surface area contributed by atoms with Gasteiger partial charge in [-0.2, -0.15) is 0 Å². The van der Waals surface area contributed by atoms with Gasteiger partial charge in [-0.15, -0.1) is 0 Å². The Hall–Kier alpha value is -3.98. The number of rotatable bonds is 2. The molecule has 0 radical (unpaired) electrons. The van der Waals surface area contributed by atoms with Crippen LogP contribution in [0.3, 0.4) is 0 Å². The van der Waals surface area contributed by atoms with Crippen molar-refractivity contribution in [3.63, 3.8) is 0 Å². The van der Waals surface area contributed by atoms with Gasteiger partial charge in [-0.05, 0) is 60.7 Å². The summed E-state index contributed by atoms with van der Waals surface area (Å²) in [5.41, 5.74) is 10.6. The number of aliphatic imine (C=N–C) groups is 2. The molecule has 0 N–H and O–H groups in total. The second-order valence-corrected chi connectivity index (χ2v) is 9.50. The maximum absolute atomic E-state index is 6.29. The predicted octanol–water partition coefficient (Wildman–Crippen LogP) is 7.86. The molecule has 6 rings (SSSR count). The normalized spacial score (nSPS) is 19.9. The van der Waals surface area contributed by atoms with Crippen LogP contribution in [0.5, 0.6) is 0 Å². The van der Waals surface area contributed by atoms with E-state index in [4.69, 9.17) is 14.4 Å². The second kappa shape index (κ2) is 8.35. The molecule has 0 saturated carbocycles. The van der Waals surface area contributed by atoms with E-state index in [-0.39, 0.29) is 12.0 Å². The minimum Gasteiger partial charge on any atom is -0.456 e. The molecule has 2 unspecified atom stereocenters. The summed E-state index contributed by atoms with van der Waals surface area (Å²) >= 11 is 0. The van der Waals surface area contributed by atoms with E-state index in [1.54, 1.807) is 0 Å². The highest BCUT2D eigenvalue weighted by Crippen LogP contribution is 2.40. The molecule has 0 saturated heterocycles. The van der Waals surface area contributed by atoms with Crippen LogP contribution in [0.25, 0.3) is 21.9 Å². The van der Waals surface area contributed by atoms with Crippen LogP contribution in [-0.2, 0) is 6.42 Å². The average Bonchev–Trinajstić information content (AvgIpc) is 3.25. The number of nitrogens with zero attached hydrogens (tertiary/aromatic N) is 2. The molecule has 2 aliphatic rings. The number of allylic oxidation sites excluding steroid dienone is 2. The maximum atomic E-state index is 6.29. The van der Waals surface area contributed by atoms with Gasteiger partial charge in [0.25, 0.3) is 0 Å². The highest BCUT2D eigenvalue weighted by Gasteiger charge is 2.32. The van der Waals surface area contributed by atoms with Crippen molar-refractivity contribution in [3.8, 4) is 0 Å². The standard InChI is InChI=1S/C32H28N2O/c1-5-26-23-12-8-7-11-22(23)24-16-15-21-18-30-32(25-13-9-10-14-29(25)35-30)20(4)31(21)27(6-2)33-19(3)17-28(24)34-26/h5-14,18,24,28H,1-3,15-17H2,4H3. The molecule has 172 valence electrons. The van der Waals surface area contributed by atoms with E-state index < -0.39 is 0 Å². The molecule has 35 heavy (non-hydrogen) atoms. The highest BCUT2D eigenvalue weighted by molar-refractivity contribution is 6.16. The monoisotopic (exact) mass is 456 g/mol. The Morgan fingerprint density at radius 2 is 1.74 bits per heavy atom. The van der Waals surface area contributed by atoms with Crippen LogP contribution in [0.4, 0.5) is 0 Å². The summed E-state index contributed by atoms with van der Waals surface area (Å²) < 4.78 is 6.29. The van der Waals surface area contributed by atoms with Crippen molar-refractivity contribution < 1.29 is 4.42 Å². The van der Waals surface area contributed by atoms with Gasteiger partial charge in [-0.25, -0.2) is 0 Å². The lowest BCUT2D eigenvalue weighted by atomic mass is 9.78. The molecule has 4 aromatic rings. The topological polar surface area (TPSA) is 37.9 Å². The third kappa shape index (κ3) is 3.42. The van der Waals surface area contributed by atoms with Gasteiger partial charge in [0.15, 0.2) is 0 Å². The fraction of sp³-hybridized carbons (Fsp3) is 0.188. The average molecular weight is 457 g/mol. The quantitative estimate of drug-likeness (QED) is 0.302. The first-order chi connectivity index (χ1) is 17.1. The lowest BCUT2D eigenvalue weighted by molar-refractivity contribution is 0.490. The summed E-state index contributed by atoms with van der Waals surface area (Å²) in [6, 6.07) is 19.1. The second-order valence-electron chi connectivity index (χ2n) is 9.50. The van der Waals surface area contributed by atoms with Crippen molar-refractivity contribution in [1.82, 2.24) is 0 Å². The first-order valence-corrected chi connectivity index (χ1v) is 12.2. The Labute approximate surface area is 205 Å². The van der Waals surface area contributed by atoms with Crippen LogP contribution in [0.1, 0.15) is 46.6 Å². The van der Waals surface area contributed by atoms with Crippen molar-refractivity contribution in [2.45, 2.75) is 38.1 Å². The number of para-hydroxylation sites is 1. The Kier molecular flexibility index (Phi) is 5.14. The van der Waals surface area contributed by atoms with Gasteiger partial charge in [0.1, 0.15) is 11.2 Å². The molecule has 2 atom stereocenters. The van der Waals surface area contributed by atoms with Crippen LogP contribution in [0, 0.1) is 6.92 Å². The van der Waals surface area contributed by atoms with E-state index in [1.165, 1.54) is 22.3 Å². The Morgan fingerprint density at radius 3 is 2.57 bits per heavy atom. The minimum atomic E-state index is 0.0813. The molecule has 3 heterocycles. The lowest BCUT2D eigenvalue weighted by Gasteiger charge is -2.32. The summed E-state index contributed by atoms with van der Waals surface area (Å²) in [5.74, 6) is 0.284. The van der Waals surface area contributed by atoms with Gasteiger partial charge in [-0.3, -0.25) is 9.98 Å². The molecule has 0 aliphatic carbocycles. The van der Waals surface area contributed by atoms with E-state index in [1.807, 2.05) is 24.3 Å². The van der Waals surface area contributed by atoms with Crippen LogP contribution in [0.15, 0.2) is 107 Å². The fourth-order valence-corrected chi connectivity index (χ4v) is 5.97. The van der Waals surface area contributed by atoms with Crippen LogP contribution in [0.2, 0.25) is 0 Å². The number of benzene rings is 3. The zero-order chi connectivity index (χ0) is 24.1. The minimum absolute atomic E-state index is 0.0813. The summed E-state index contributed by atoms with van der Waals surface area (Å²) in [7, 11) is 0. The lowest BCUT2D eigenvalue weighted by Crippen LogP contribution is -2.27. The third-order valence-corrected chi connectivity index (χ3v) is 7.50. The third-order valence-electron chi connectivity index (χ3n) is 7.50. The smallest absolute Gasteiger partial charge is 0.136 e. The van der Waals surface area contributed by atoms with E-state index in [0.717, 1.165) is 57.5 Å². The molecule has 3 heteroatoms. The maximum Gasteiger partial charge on any atom is 0.136 e. The van der Waals surface area contributed by atoms with E-state index in [0.29, 0.717) is 6.42 Å². The Morgan fingerprint density at radius 1 is 0.971 bits per heavy atom. The first-order valence-electron chi connectivity index (χ1n) is 12.2. The van der Waals surface area contributed by atoms with Crippen molar-refractivity contribution in [1.29, 1.82) is 0 Å². The molecule has 0 bridgehead atoms. The van der Waals surface area contributed by atoms with E-state index >= 15 is 0 Å². The number of hydrogen-bond acceptors (Lipinski definition) is 3. The van der Waals surface area contributed by atoms with Crippen molar-refractivity contribution in [2.75, 3.05) is 0 Å². The molecule has 3 aromatic carbocycles. The van der Waals surface area contributed by atoms with Crippen molar-refractivity contribution >= 4 is 33.4 Å².